The predicted octanol–water partition coefficient (Wildman–Crippen LogP) is 2.87. The highest BCUT2D eigenvalue weighted by atomic mass is 32.2. The highest BCUT2D eigenvalue weighted by Gasteiger charge is 2.40. The maximum Gasteiger partial charge on any atom is 0.154 e. The first-order valence-electron chi connectivity index (χ1n) is 7.31. The lowest BCUT2D eigenvalue weighted by Gasteiger charge is -2.34. The zero-order valence-corrected chi connectivity index (χ0v) is 14.7. The van der Waals surface area contributed by atoms with E-state index in [2.05, 4.69) is 5.32 Å². The average molecular weight is 313 g/mol. The van der Waals surface area contributed by atoms with Gasteiger partial charge in [-0.3, -0.25) is 0 Å². The fourth-order valence-corrected chi connectivity index (χ4v) is 2.97. The van der Waals surface area contributed by atoms with E-state index in [1.54, 1.807) is 13.8 Å². The summed E-state index contributed by atoms with van der Waals surface area (Å²) in [5.74, 6) is 0.741. The molecule has 0 aliphatic heterocycles. The molecule has 1 aromatic carbocycles. The van der Waals surface area contributed by atoms with Crippen LogP contribution in [0, 0.1) is 6.92 Å². The van der Waals surface area contributed by atoms with Crippen LogP contribution in [-0.4, -0.2) is 32.6 Å². The van der Waals surface area contributed by atoms with Gasteiger partial charge in [0.25, 0.3) is 0 Å². The van der Waals surface area contributed by atoms with Crippen LogP contribution in [0.2, 0.25) is 0 Å². The molecule has 0 spiro atoms. The molecule has 1 unspecified atom stereocenters. The second-order valence-corrected chi connectivity index (χ2v) is 8.44. The van der Waals surface area contributed by atoms with E-state index in [1.165, 1.54) is 6.26 Å². The number of rotatable bonds is 7. The Morgan fingerprint density at radius 2 is 1.90 bits per heavy atom. The largest absolute Gasteiger partial charge is 0.494 e. The summed E-state index contributed by atoms with van der Waals surface area (Å²) in [6.07, 6.45) is 1.29. The summed E-state index contributed by atoms with van der Waals surface area (Å²) in [6.45, 7) is 10.6. The van der Waals surface area contributed by atoms with Gasteiger partial charge in [0.05, 0.1) is 17.4 Å². The Kier molecular flexibility index (Phi) is 5.82. The van der Waals surface area contributed by atoms with E-state index in [9.17, 15) is 8.42 Å². The molecule has 0 aliphatic rings. The van der Waals surface area contributed by atoms with Crippen LogP contribution in [0.3, 0.4) is 0 Å². The number of sulfone groups is 1. The standard InChI is InChI=1S/C16H27NO3S/c1-7-17-15(16(4,5)21(6,18)19)13-11-12(3)9-10-14(13)20-8-2/h9-11,15,17H,7-8H2,1-6H3. The van der Waals surface area contributed by atoms with E-state index in [0.29, 0.717) is 13.2 Å². The number of nitrogens with one attached hydrogen (secondary N) is 1. The van der Waals surface area contributed by atoms with Gasteiger partial charge in [0.2, 0.25) is 0 Å². The lowest BCUT2D eigenvalue weighted by molar-refractivity contribution is 0.325. The number of hydrogen-bond acceptors (Lipinski definition) is 4. The van der Waals surface area contributed by atoms with Gasteiger partial charge in [0, 0.05) is 11.8 Å². The van der Waals surface area contributed by atoms with Gasteiger partial charge in [0.1, 0.15) is 5.75 Å². The van der Waals surface area contributed by atoms with E-state index in [-0.39, 0.29) is 6.04 Å². The SMILES string of the molecule is CCNC(c1cc(C)ccc1OCC)C(C)(C)S(C)(=O)=O. The van der Waals surface area contributed by atoms with E-state index < -0.39 is 14.6 Å². The zero-order chi connectivity index (χ0) is 16.3. The van der Waals surface area contributed by atoms with Crippen LogP contribution in [0.4, 0.5) is 0 Å². The van der Waals surface area contributed by atoms with Gasteiger partial charge in [-0.2, -0.15) is 0 Å². The first-order valence-corrected chi connectivity index (χ1v) is 9.20. The van der Waals surface area contributed by atoms with Gasteiger partial charge >= 0.3 is 0 Å². The molecule has 21 heavy (non-hydrogen) atoms. The van der Waals surface area contributed by atoms with Gasteiger partial charge in [0.15, 0.2) is 9.84 Å². The monoisotopic (exact) mass is 313 g/mol. The lowest BCUT2D eigenvalue weighted by Crippen LogP contribution is -2.45. The third-order valence-electron chi connectivity index (χ3n) is 3.84. The Balaban J connectivity index is 3.45. The molecule has 0 radical (unpaired) electrons. The summed E-state index contributed by atoms with van der Waals surface area (Å²) in [4.78, 5) is 0. The molecule has 1 aromatic rings. The summed E-state index contributed by atoms with van der Waals surface area (Å²) in [7, 11) is -3.23. The Hall–Kier alpha value is -1.07. The molecule has 0 saturated heterocycles. The molecule has 0 aromatic heterocycles. The molecule has 5 heteroatoms. The fraction of sp³-hybridized carbons (Fsp3) is 0.625. The lowest BCUT2D eigenvalue weighted by atomic mass is 9.93. The van der Waals surface area contributed by atoms with Crippen molar-refractivity contribution in [1.29, 1.82) is 0 Å². The van der Waals surface area contributed by atoms with Gasteiger partial charge in [-0.05, 0) is 40.3 Å². The van der Waals surface area contributed by atoms with Crippen LogP contribution in [0.5, 0.6) is 5.75 Å². The van der Waals surface area contributed by atoms with Gasteiger partial charge in [-0.25, -0.2) is 8.42 Å². The third kappa shape index (κ3) is 3.98. The molecule has 0 heterocycles. The molecular weight excluding hydrogens is 286 g/mol. The zero-order valence-electron chi connectivity index (χ0n) is 13.9. The van der Waals surface area contributed by atoms with Crippen molar-refractivity contribution in [3.63, 3.8) is 0 Å². The predicted molar refractivity (Wildman–Crippen MR) is 87.7 cm³/mol. The second-order valence-electron chi connectivity index (χ2n) is 5.84. The molecule has 0 saturated carbocycles. The normalized spacial score (nSPS) is 14.0. The summed E-state index contributed by atoms with van der Waals surface area (Å²) in [5, 5.41) is 3.31. The Morgan fingerprint density at radius 3 is 2.38 bits per heavy atom. The van der Waals surface area contributed by atoms with Gasteiger partial charge in [-0.15, -0.1) is 0 Å². The topological polar surface area (TPSA) is 55.4 Å². The molecule has 1 rings (SSSR count). The highest BCUT2D eigenvalue weighted by molar-refractivity contribution is 7.92. The molecule has 0 bridgehead atoms. The van der Waals surface area contributed by atoms with Crippen molar-refractivity contribution in [2.45, 2.75) is 45.4 Å². The van der Waals surface area contributed by atoms with Crippen LogP contribution in [0.15, 0.2) is 18.2 Å². The van der Waals surface area contributed by atoms with Crippen molar-refractivity contribution in [3.05, 3.63) is 29.3 Å². The van der Waals surface area contributed by atoms with E-state index in [0.717, 1.165) is 16.9 Å². The summed E-state index contributed by atoms with van der Waals surface area (Å²) < 4.78 is 29.2. The summed E-state index contributed by atoms with van der Waals surface area (Å²) in [6, 6.07) is 5.58. The Labute approximate surface area is 128 Å². The molecule has 4 nitrogen and oxygen atoms in total. The van der Waals surface area contributed by atoms with E-state index >= 15 is 0 Å². The van der Waals surface area contributed by atoms with Crippen LogP contribution in [0.25, 0.3) is 0 Å². The second kappa shape index (κ2) is 6.79. The molecule has 1 atom stereocenters. The fourth-order valence-electron chi connectivity index (χ4n) is 2.33. The summed E-state index contributed by atoms with van der Waals surface area (Å²) >= 11 is 0. The molecule has 0 amide bonds. The number of aryl methyl sites for hydroxylation is 1. The van der Waals surface area contributed by atoms with Crippen LogP contribution in [-0.2, 0) is 9.84 Å². The van der Waals surface area contributed by atoms with Crippen molar-refractivity contribution in [2.75, 3.05) is 19.4 Å². The van der Waals surface area contributed by atoms with Gasteiger partial charge in [-0.1, -0.05) is 24.6 Å². The van der Waals surface area contributed by atoms with Crippen LogP contribution < -0.4 is 10.1 Å². The quantitative estimate of drug-likeness (QED) is 0.841. The minimum Gasteiger partial charge on any atom is -0.494 e. The minimum atomic E-state index is -3.23. The Morgan fingerprint density at radius 1 is 1.29 bits per heavy atom. The van der Waals surface area contributed by atoms with Crippen molar-refractivity contribution < 1.29 is 13.2 Å². The van der Waals surface area contributed by atoms with Gasteiger partial charge < -0.3 is 10.1 Å². The molecule has 120 valence electrons. The van der Waals surface area contributed by atoms with Crippen LogP contribution >= 0.6 is 0 Å². The van der Waals surface area contributed by atoms with Crippen molar-refractivity contribution in [3.8, 4) is 5.75 Å². The van der Waals surface area contributed by atoms with E-state index in [4.69, 9.17) is 4.74 Å². The van der Waals surface area contributed by atoms with Crippen molar-refractivity contribution in [1.82, 2.24) is 5.32 Å². The van der Waals surface area contributed by atoms with E-state index in [1.807, 2.05) is 39.0 Å². The molecule has 1 N–H and O–H groups in total. The number of benzene rings is 1. The van der Waals surface area contributed by atoms with Crippen molar-refractivity contribution in [2.24, 2.45) is 0 Å². The summed E-state index contributed by atoms with van der Waals surface area (Å²) in [5.41, 5.74) is 1.98. The first-order chi connectivity index (χ1) is 9.65. The Bertz CT molecular complexity index is 579. The minimum absolute atomic E-state index is 0.320. The maximum absolute atomic E-state index is 12.2. The first kappa shape index (κ1) is 18.0. The third-order valence-corrected chi connectivity index (χ3v) is 5.98. The smallest absolute Gasteiger partial charge is 0.154 e. The van der Waals surface area contributed by atoms with Crippen molar-refractivity contribution >= 4 is 9.84 Å². The molecular formula is C16H27NO3S. The molecule has 0 aliphatic carbocycles. The maximum atomic E-state index is 12.2. The number of ether oxygens (including phenoxy) is 1. The average Bonchev–Trinajstić information content (AvgIpc) is 2.37. The van der Waals surface area contributed by atoms with Crippen LogP contribution in [0.1, 0.15) is 44.9 Å². The highest BCUT2D eigenvalue weighted by Crippen LogP contribution is 2.37. The number of hydrogen-bond donors (Lipinski definition) is 1. The molecule has 0 fully saturated rings.